The molecule has 96 valence electrons. The highest BCUT2D eigenvalue weighted by molar-refractivity contribution is 6.31. The molecule has 3 aromatic rings. The first-order valence-electron chi connectivity index (χ1n) is 5.91. The summed E-state index contributed by atoms with van der Waals surface area (Å²) in [4.78, 5) is 4.16. The van der Waals surface area contributed by atoms with Gasteiger partial charge in [0.15, 0.2) is 0 Å². The van der Waals surface area contributed by atoms with E-state index in [1.807, 2.05) is 49.4 Å². The Morgan fingerprint density at radius 2 is 1.74 bits per heavy atom. The van der Waals surface area contributed by atoms with E-state index in [1.165, 1.54) is 5.56 Å². The third-order valence-corrected chi connectivity index (χ3v) is 2.83. The van der Waals surface area contributed by atoms with Crippen molar-refractivity contribution in [3.05, 3.63) is 71.4 Å². The number of nitrogens with zero attached hydrogens (tertiary/aromatic N) is 1. The zero-order valence-electron chi connectivity index (χ0n) is 10.5. The molecule has 0 saturated heterocycles. The van der Waals surface area contributed by atoms with Gasteiger partial charge in [0.05, 0.1) is 5.52 Å². The van der Waals surface area contributed by atoms with E-state index in [2.05, 4.69) is 4.98 Å². The molecular weight excluding hydrogens is 258 g/mol. The minimum absolute atomic E-state index is 0.329. The van der Waals surface area contributed by atoms with Crippen molar-refractivity contribution in [1.29, 1.82) is 0 Å². The van der Waals surface area contributed by atoms with Gasteiger partial charge in [-0.15, -0.1) is 0 Å². The topological polar surface area (TPSA) is 33.1 Å². The summed E-state index contributed by atoms with van der Waals surface area (Å²) in [5, 5.41) is 10.6. The number of fused-ring (bicyclic) bond motifs is 1. The van der Waals surface area contributed by atoms with Crippen LogP contribution >= 0.6 is 11.6 Å². The van der Waals surface area contributed by atoms with Crippen LogP contribution in [0.3, 0.4) is 0 Å². The summed E-state index contributed by atoms with van der Waals surface area (Å²) in [6, 6.07) is 16.7. The summed E-state index contributed by atoms with van der Waals surface area (Å²) >= 11 is 5.79. The molecule has 3 heteroatoms. The van der Waals surface area contributed by atoms with Crippen molar-refractivity contribution in [3.8, 4) is 5.75 Å². The van der Waals surface area contributed by atoms with Gasteiger partial charge in [-0.05, 0) is 43.3 Å². The van der Waals surface area contributed by atoms with Crippen LogP contribution in [0.4, 0.5) is 0 Å². The first-order chi connectivity index (χ1) is 9.15. The van der Waals surface area contributed by atoms with Crippen LogP contribution in [0.1, 0.15) is 5.56 Å². The van der Waals surface area contributed by atoms with E-state index < -0.39 is 0 Å². The third kappa shape index (κ3) is 3.97. The Bertz CT molecular complexity index is 644. The van der Waals surface area contributed by atoms with E-state index in [-0.39, 0.29) is 0 Å². The maximum atomic E-state index is 8.76. The van der Waals surface area contributed by atoms with Gasteiger partial charge in [0.25, 0.3) is 0 Å². The number of aryl methyl sites for hydroxylation is 1. The maximum Gasteiger partial charge on any atom is 0.115 e. The SMILES string of the molecule is Cc1ccc(O)cc1.Clc1ccc2ncccc2c1. The second-order valence-corrected chi connectivity index (χ2v) is 4.61. The van der Waals surface area contributed by atoms with E-state index in [0.29, 0.717) is 5.75 Å². The quantitative estimate of drug-likeness (QED) is 0.649. The molecule has 0 spiro atoms. The number of aromatic nitrogens is 1. The molecule has 0 fully saturated rings. The van der Waals surface area contributed by atoms with Crippen molar-refractivity contribution in [2.24, 2.45) is 0 Å². The van der Waals surface area contributed by atoms with Gasteiger partial charge in [0.2, 0.25) is 0 Å². The highest BCUT2D eigenvalue weighted by atomic mass is 35.5. The fraction of sp³-hybridized carbons (Fsp3) is 0.0625. The number of rotatable bonds is 0. The second kappa shape index (κ2) is 6.21. The summed E-state index contributed by atoms with van der Waals surface area (Å²) in [5.41, 5.74) is 2.15. The Kier molecular flexibility index (Phi) is 4.37. The number of phenolic OH excluding ortho intramolecular Hbond substituents is 1. The molecule has 2 nitrogen and oxygen atoms in total. The smallest absolute Gasteiger partial charge is 0.115 e. The largest absolute Gasteiger partial charge is 0.508 e. The molecular formula is C16H14ClNO. The Morgan fingerprint density at radius 3 is 2.42 bits per heavy atom. The molecule has 0 bridgehead atoms. The molecule has 1 aromatic heterocycles. The highest BCUT2D eigenvalue weighted by Gasteiger charge is 1.92. The lowest BCUT2D eigenvalue weighted by atomic mass is 10.2. The first-order valence-corrected chi connectivity index (χ1v) is 6.29. The van der Waals surface area contributed by atoms with Crippen LogP contribution in [0.25, 0.3) is 10.9 Å². The number of pyridine rings is 1. The van der Waals surface area contributed by atoms with Crippen LogP contribution in [-0.4, -0.2) is 10.1 Å². The van der Waals surface area contributed by atoms with Gasteiger partial charge in [0, 0.05) is 16.6 Å². The van der Waals surface area contributed by atoms with Gasteiger partial charge in [-0.25, -0.2) is 0 Å². The number of aromatic hydroxyl groups is 1. The zero-order chi connectivity index (χ0) is 13.7. The van der Waals surface area contributed by atoms with E-state index in [9.17, 15) is 0 Å². The van der Waals surface area contributed by atoms with Crippen LogP contribution in [0, 0.1) is 6.92 Å². The Hall–Kier alpha value is -2.06. The van der Waals surface area contributed by atoms with Crippen LogP contribution in [0.15, 0.2) is 60.8 Å². The molecule has 1 N–H and O–H groups in total. The lowest BCUT2D eigenvalue weighted by Crippen LogP contribution is -1.75. The summed E-state index contributed by atoms with van der Waals surface area (Å²) in [6.45, 7) is 1.99. The third-order valence-electron chi connectivity index (χ3n) is 2.60. The maximum absolute atomic E-state index is 8.76. The van der Waals surface area contributed by atoms with Crippen LogP contribution < -0.4 is 0 Å². The second-order valence-electron chi connectivity index (χ2n) is 4.18. The number of benzene rings is 2. The van der Waals surface area contributed by atoms with Gasteiger partial charge < -0.3 is 5.11 Å². The number of hydrogen-bond donors (Lipinski definition) is 1. The van der Waals surface area contributed by atoms with Crippen molar-refractivity contribution >= 4 is 22.5 Å². The average molecular weight is 272 g/mol. The molecule has 0 amide bonds. The van der Waals surface area contributed by atoms with Gasteiger partial charge in [-0.3, -0.25) is 4.98 Å². The van der Waals surface area contributed by atoms with Crippen molar-refractivity contribution < 1.29 is 5.11 Å². The monoisotopic (exact) mass is 271 g/mol. The number of halogens is 1. The summed E-state index contributed by atoms with van der Waals surface area (Å²) in [7, 11) is 0. The Morgan fingerprint density at radius 1 is 1.00 bits per heavy atom. The van der Waals surface area contributed by atoms with E-state index in [4.69, 9.17) is 16.7 Å². The highest BCUT2D eigenvalue weighted by Crippen LogP contribution is 2.16. The van der Waals surface area contributed by atoms with Crippen molar-refractivity contribution in [1.82, 2.24) is 4.98 Å². The fourth-order valence-electron chi connectivity index (χ4n) is 1.59. The predicted octanol–water partition coefficient (Wildman–Crippen LogP) is 4.59. The van der Waals surface area contributed by atoms with Crippen LogP contribution in [0.5, 0.6) is 5.75 Å². The summed E-state index contributed by atoms with van der Waals surface area (Å²) in [6.07, 6.45) is 1.77. The van der Waals surface area contributed by atoms with E-state index >= 15 is 0 Å². The van der Waals surface area contributed by atoms with Gasteiger partial charge in [-0.2, -0.15) is 0 Å². The fourth-order valence-corrected chi connectivity index (χ4v) is 1.77. The average Bonchev–Trinajstić information content (AvgIpc) is 2.43. The van der Waals surface area contributed by atoms with E-state index in [1.54, 1.807) is 18.3 Å². The van der Waals surface area contributed by atoms with Crippen molar-refractivity contribution in [2.75, 3.05) is 0 Å². The molecule has 0 radical (unpaired) electrons. The molecule has 0 atom stereocenters. The summed E-state index contributed by atoms with van der Waals surface area (Å²) in [5.74, 6) is 0.329. The minimum Gasteiger partial charge on any atom is -0.508 e. The lowest BCUT2D eigenvalue weighted by Gasteiger charge is -1.94. The predicted molar refractivity (Wildman–Crippen MR) is 79.6 cm³/mol. The molecule has 0 saturated carbocycles. The normalized spacial score (nSPS) is 9.79. The molecule has 0 aliphatic heterocycles. The molecule has 1 heterocycles. The van der Waals surface area contributed by atoms with Gasteiger partial charge in [0.1, 0.15) is 5.75 Å². The standard InChI is InChI=1S/C9H6ClN.C7H8O/c10-8-3-4-9-7(6-8)2-1-5-11-9;1-6-2-4-7(8)5-3-6/h1-6H;2-5,8H,1H3. The first kappa shape index (κ1) is 13.4. The van der Waals surface area contributed by atoms with Gasteiger partial charge in [-0.1, -0.05) is 35.4 Å². The van der Waals surface area contributed by atoms with Crippen LogP contribution in [0.2, 0.25) is 5.02 Å². The Labute approximate surface area is 117 Å². The Balaban J connectivity index is 0.000000148. The number of hydrogen-bond acceptors (Lipinski definition) is 2. The minimum atomic E-state index is 0.329. The molecule has 2 aromatic carbocycles. The van der Waals surface area contributed by atoms with Gasteiger partial charge >= 0.3 is 0 Å². The molecule has 0 aliphatic carbocycles. The molecule has 3 rings (SSSR count). The summed E-state index contributed by atoms with van der Waals surface area (Å²) < 4.78 is 0. The van der Waals surface area contributed by atoms with Crippen LogP contribution in [-0.2, 0) is 0 Å². The number of phenols is 1. The zero-order valence-corrected chi connectivity index (χ0v) is 11.3. The van der Waals surface area contributed by atoms with E-state index in [0.717, 1.165) is 15.9 Å². The lowest BCUT2D eigenvalue weighted by molar-refractivity contribution is 0.475. The molecule has 0 unspecified atom stereocenters. The van der Waals surface area contributed by atoms with Crippen molar-refractivity contribution in [2.45, 2.75) is 6.92 Å². The molecule has 19 heavy (non-hydrogen) atoms. The van der Waals surface area contributed by atoms with Crippen molar-refractivity contribution in [3.63, 3.8) is 0 Å². The molecule has 0 aliphatic rings.